The van der Waals surface area contributed by atoms with Gasteiger partial charge in [0.15, 0.2) is 0 Å². The molecule has 1 heterocycles. The van der Waals surface area contributed by atoms with E-state index in [2.05, 4.69) is 4.98 Å². The Bertz CT molecular complexity index is 630. The van der Waals surface area contributed by atoms with Crippen LogP contribution in [0.2, 0.25) is 5.02 Å². The second-order valence-corrected chi connectivity index (χ2v) is 4.44. The highest BCUT2D eigenvalue weighted by Gasteiger charge is 2.34. The van der Waals surface area contributed by atoms with E-state index in [-0.39, 0.29) is 16.1 Å². The van der Waals surface area contributed by atoms with Crippen LogP contribution in [0.5, 0.6) is 0 Å². The molecule has 0 saturated carbocycles. The van der Waals surface area contributed by atoms with Gasteiger partial charge in [-0.05, 0) is 23.8 Å². The number of benzene rings is 1. The van der Waals surface area contributed by atoms with Gasteiger partial charge in [0.25, 0.3) is 0 Å². The number of aliphatic hydroxyl groups is 1. The van der Waals surface area contributed by atoms with E-state index < -0.39 is 23.7 Å². The maximum absolute atomic E-state index is 13.4. The summed E-state index contributed by atoms with van der Waals surface area (Å²) >= 11 is 5.82. The standard InChI is InChI=1S/C13H8ClF4NO/c14-10-6-19-4-3-8(10)12(20)7-1-2-9(11(15)5-7)13(16,17)18/h1-6,12,20H. The zero-order chi connectivity index (χ0) is 14.9. The van der Waals surface area contributed by atoms with Crippen molar-refractivity contribution in [2.24, 2.45) is 0 Å². The van der Waals surface area contributed by atoms with Crippen LogP contribution in [0, 0.1) is 5.82 Å². The molecule has 1 unspecified atom stereocenters. The van der Waals surface area contributed by atoms with Crippen molar-refractivity contribution in [3.8, 4) is 0 Å². The first kappa shape index (κ1) is 14.7. The average Bonchev–Trinajstić information content (AvgIpc) is 2.37. The minimum atomic E-state index is -4.78. The van der Waals surface area contributed by atoms with Crippen molar-refractivity contribution in [3.63, 3.8) is 0 Å². The summed E-state index contributed by atoms with van der Waals surface area (Å²) in [5.41, 5.74) is -1.17. The Morgan fingerprint density at radius 2 is 1.90 bits per heavy atom. The van der Waals surface area contributed by atoms with Crippen LogP contribution >= 0.6 is 11.6 Å². The van der Waals surface area contributed by atoms with Gasteiger partial charge in [0.1, 0.15) is 11.9 Å². The van der Waals surface area contributed by atoms with E-state index in [0.717, 1.165) is 6.07 Å². The summed E-state index contributed by atoms with van der Waals surface area (Å²) in [5.74, 6) is -1.45. The molecule has 2 aromatic rings. The quantitative estimate of drug-likeness (QED) is 0.852. The smallest absolute Gasteiger partial charge is 0.384 e. The number of hydrogen-bond acceptors (Lipinski definition) is 2. The highest BCUT2D eigenvalue weighted by Crippen LogP contribution is 2.34. The van der Waals surface area contributed by atoms with Crippen molar-refractivity contribution in [3.05, 3.63) is 64.2 Å². The molecular formula is C13H8ClF4NO. The number of aliphatic hydroxyl groups excluding tert-OH is 1. The van der Waals surface area contributed by atoms with Crippen LogP contribution in [-0.2, 0) is 6.18 Å². The Labute approximate surface area is 116 Å². The number of aromatic nitrogens is 1. The van der Waals surface area contributed by atoms with Crippen LogP contribution in [0.3, 0.4) is 0 Å². The molecule has 0 aliphatic carbocycles. The number of nitrogens with zero attached hydrogens (tertiary/aromatic N) is 1. The van der Waals surface area contributed by atoms with Crippen molar-refractivity contribution in [2.75, 3.05) is 0 Å². The van der Waals surface area contributed by atoms with Gasteiger partial charge in [-0.2, -0.15) is 13.2 Å². The first-order valence-electron chi connectivity index (χ1n) is 5.45. The summed E-state index contributed by atoms with van der Waals surface area (Å²) in [6.45, 7) is 0. The third kappa shape index (κ3) is 2.91. The van der Waals surface area contributed by atoms with Crippen LogP contribution in [0.15, 0.2) is 36.7 Å². The molecule has 0 bridgehead atoms. The number of pyridine rings is 1. The second-order valence-electron chi connectivity index (χ2n) is 4.04. The molecule has 20 heavy (non-hydrogen) atoms. The number of hydrogen-bond donors (Lipinski definition) is 1. The van der Waals surface area contributed by atoms with E-state index in [1.807, 2.05) is 0 Å². The van der Waals surface area contributed by atoms with Gasteiger partial charge in [-0.15, -0.1) is 0 Å². The monoisotopic (exact) mass is 305 g/mol. The minimum absolute atomic E-state index is 0.0244. The molecular weight excluding hydrogens is 298 g/mol. The molecule has 2 rings (SSSR count). The van der Waals surface area contributed by atoms with Crippen LogP contribution in [0.1, 0.15) is 22.8 Å². The van der Waals surface area contributed by atoms with Gasteiger partial charge in [0, 0.05) is 18.0 Å². The molecule has 1 N–H and O–H groups in total. The maximum Gasteiger partial charge on any atom is 0.419 e. The summed E-state index contributed by atoms with van der Waals surface area (Å²) in [4.78, 5) is 3.72. The Morgan fingerprint density at radius 1 is 1.20 bits per heavy atom. The fourth-order valence-electron chi connectivity index (χ4n) is 1.72. The Kier molecular flexibility index (Phi) is 3.96. The Hall–Kier alpha value is -1.66. The van der Waals surface area contributed by atoms with Gasteiger partial charge in [-0.1, -0.05) is 17.7 Å². The number of alkyl halides is 3. The topological polar surface area (TPSA) is 33.1 Å². The molecule has 1 aromatic heterocycles. The predicted molar refractivity (Wildman–Crippen MR) is 64.7 cm³/mol. The van der Waals surface area contributed by atoms with Gasteiger partial charge in [0.2, 0.25) is 0 Å². The lowest BCUT2D eigenvalue weighted by atomic mass is 10.0. The van der Waals surface area contributed by atoms with E-state index >= 15 is 0 Å². The molecule has 0 aliphatic heterocycles. The van der Waals surface area contributed by atoms with Gasteiger partial charge < -0.3 is 5.11 Å². The van der Waals surface area contributed by atoms with E-state index in [0.29, 0.717) is 12.1 Å². The van der Waals surface area contributed by atoms with Crippen molar-refractivity contribution < 1.29 is 22.7 Å². The lowest BCUT2D eigenvalue weighted by molar-refractivity contribution is -0.140. The second kappa shape index (κ2) is 5.38. The first-order chi connectivity index (χ1) is 9.30. The largest absolute Gasteiger partial charge is 0.419 e. The van der Waals surface area contributed by atoms with Gasteiger partial charge in [-0.25, -0.2) is 4.39 Å². The average molecular weight is 306 g/mol. The summed E-state index contributed by atoms with van der Waals surface area (Å²) in [7, 11) is 0. The molecule has 1 aromatic carbocycles. The highest BCUT2D eigenvalue weighted by molar-refractivity contribution is 6.31. The van der Waals surface area contributed by atoms with Crippen molar-refractivity contribution >= 4 is 11.6 Å². The van der Waals surface area contributed by atoms with Crippen LogP contribution in [0.4, 0.5) is 17.6 Å². The molecule has 0 fully saturated rings. The van der Waals surface area contributed by atoms with Crippen LogP contribution in [-0.4, -0.2) is 10.1 Å². The van der Waals surface area contributed by atoms with Gasteiger partial charge >= 0.3 is 6.18 Å². The lowest BCUT2D eigenvalue weighted by Gasteiger charge is -2.14. The first-order valence-corrected chi connectivity index (χ1v) is 5.82. The number of rotatable bonds is 2. The van der Waals surface area contributed by atoms with Crippen LogP contribution in [0.25, 0.3) is 0 Å². The Morgan fingerprint density at radius 3 is 2.45 bits per heavy atom. The zero-order valence-electron chi connectivity index (χ0n) is 9.83. The summed E-state index contributed by atoms with van der Waals surface area (Å²) in [6.07, 6.45) is -3.46. The van der Waals surface area contributed by atoms with Crippen molar-refractivity contribution in [1.29, 1.82) is 0 Å². The normalized spacial score (nSPS) is 13.3. The summed E-state index contributed by atoms with van der Waals surface area (Å²) in [5, 5.41) is 10.2. The molecule has 0 saturated heterocycles. The van der Waals surface area contributed by atoms with Gasteiger partial charge in [0.05, 0.1) is 10.6 Å². The minimum Gasteiger partial charge on any atom is -0.384 e. The third-order valence-electron chi connectivity index (χ3n) is 2.71. The fourth-order valence-corrected chi connectivity index (χ4v) is 1.94. The molecule has 0 radical (unpaired) electrons. The van der Waals surface area contributed by atoms with Gasteiger partial charge in [-0.3, -0.25) is 4.98 Å². The highest BCUT2D eigenvalue weighted by atomic mass is 35.5. The van der Waals surface area contributed by atoms with Crippen molar-refractivity contribution in [2.45, 2.75) is 12.3 Å². The third-order valence-corrected chi connectivity index (χ3v) is 3.03. The SMILES string of the molecule is OC(c1ccc(C(F)(F)F)c(F)c1)c1ccncc1Cl. The van der Waals surface area contributed by atoms with E-state index in [1.54, 1.807) is 0 Å². The van der Waals surface area contributed by atoms with Crippen LogP contribution < -0.4 is 0 Å². The molecule has 7 heteroatoms. The molecule has 106 valence electrons. The number of halogens is 5. The van der Waals surface area contributed by atoms with Crippen molar-refractivity contribution in [1.82, 2.24) is 4.98 Å². The fraction of sp³-hybridized carbons (Fsp3) is 0.154. The molecule has 0 spiro atoms. The zero-order valence-corrected chi connectivity index (χ0v) is 10.6. The lowest BCUT2D eigenvalue weighted by Crippen LogP contribution is -2.09. The maximum atomic E-state index is 13.4. The summed E-state index contributed by atoms with van der Waals surface area (Å²) < 4.78 is 50.8. The van der Waals surface area contributed by atoms with E-state index in [4.69, 9.17) is 11.6 Å². The van der Waals surface area contributed by atoms with E-state index in [1.165, 1.54) is 18.5 Å². The molecule has 0 aliphatic rings. The Balaban J connectivity index is 2.40. The summed E-state index contributed by atoms with van der Waals surface area (Å²) in [6, 6.07) is 3.64. The molecule has 2 nitrogen and oxygen atoms in total. The van der Waals surface area contributed by atoms with E-state index in [9.17, 15) is 22.7 Å². The molecule has 1 atom stereocenters. The predicted octanol–water partition coefficient (Wildman–Crippen LogP) is 3.97. The molecule has 0 amide bonds.